The van der Waals surface area contributed by atoms with Crippen LogP contribution in [0.1, 0.15) is 22.3 Å². The first-order valence-corrected chi connectivity index (χ1v) is 11.4. The van der Waals surface area contributed by atoms with Gasteiger partial charge in [0.2, 0.25) is 0 Å². The van der Waals surface area contributed by atoms with Gasteiger partial charge in [-0.05, 0) is 59.4 Å². The summed E-state index contributed by atoms with van der Waals surface area (Å²) in [5, 5.41) is 12.8. The number of rotatable bonds is 8. The van der Waals surface area contributed by atoms with E-state index in [1.54, 1.807) is 18.2 Å². The largest absolute Gasteiger partial charge is 0.480 e. The van der Waals surface area contributed by atoms with E-state index in [9.17, 15) is 14.7 Å². The summed E-state index contributed by atoms with van der Waals surface area (Å²) in [5.41, 5.74) is 5.08. The summed E-state index contributed by atoms with van der Waals surface area (Å²) in [5.74, 6) is -1.51. The normalized spacial score (nSPS) is 11.6. The smallest absolute Gasteiger partial charge is 0.326 e. The molecule has 0 aliphatic carbocycles. The van der Waals surface area contributed by atoms with Gasteiger partial charge in [0.05, 0.1) is 0 Å². The zero-order chi connectivity index (χ0) is 23.9. The second-order valence-corrected chi connectivity index (χ2v) is 8.44. The summed E-state index contributed by atoms with van der Waals surface area (Å²) in [7, 11) is 0. The zero-order valence-corrected chi connectivity index (χ0v) is 19.2. The molecule has 0 saturated heterocycles. The van der Waals surface area contributed by atoms with E-state index in [-0.39, 0.29) is 0 Å². The predicted octanol–water partition coefficient (Wildman–Crippen LogP) is 6.49. The number of amides is 1. The van der Waals surface area contributed by atoms with Crippen LogP contribution >= 0.6 is 11.6 Å². The molecule has 4 aromatic rings. The van der Waals surface area contributed by atoms with Crippen LogP contribution in [0, 0.1) is 0 Å². The van der Waals surface area contributed by atoms with E-state index >= 15 is 0 Å². The fourth-order valence-electron chi connectivity index (χ4n) is 3.84. The summed E-state index contributed by atoms with van der Waals surface area (Å²) in [6, 6.07) is 31.5. The first-order valence-electron chi connectivity index (χ1n) is 11.0. The van der Waals surface area contributed by atoms with Crippen LogP contribution in [0.25, 0.3) is 22.3 Å². The van der Waals surface area contributed by atoms with Gasteiger partial charge >= 0.3 is 5.97 Å². The van der Waals surface area contributed by atoms with Crippen molar-refractivity contribution >= 4 is 23.5 Å². The van der Waals surface area contributed by atoms with Gasteiger partial charge in [-0.25, -0.2) is 4.79 Å². The van der Waals surface area contributed by atoms with Gasteiger partial charge in [-0.3, -0.25) is 4.79 Å². The fourth-order valence-corrected chi connectivity index (χ4v) is 4.07. The molecule has 0 aliphatic rings. The standard InChI is InChI=1S/C29H24ClNO3/c30-26-16-15-24(28(32)31-27(29(33)34)17-14-20-8-3-1-4-9-20)19-25(26)23-13-7-12-22(18-23)21-10-5-2-6-11-21/h1-13,15-16,18-19,27H,14,17H2,(H,31,32)(H,33,34). The van der Waals surface area contributed by atoms with Crippen molar-refractivity contribution in [3.8, 4) is 22.3 Å². The van der Waals surface area contributed by atoms with Crippen LogP contribution < -0.4 is 5.32 Å². The number of carbonyl (C=O) groups is 2. The minimum Gasteiger partial charge on any atom is -0.480 e. The molecule has 170 valence electrons. The lowest BCUT2D eigenvalue weighted by Crippen LogP contribution is -2.41. The lowest BCUT2D eigenvalue weighted by molar-refractivity contribution is -0.139. The molecule has 5 heteroatoms. The predicted molar refractivity (Wildman–Crippen MR) is 136 cm³/mol. The highest BCUT2D eigenvalue weighted by Gasteiger charge is 2.21. The number of halogens is 1. The number of carboxylic acids is 1. The number of hydrogen-bond donors (Lipinski definition) is 2. The molecule has 1 atom stereocenters. The molecule has 1 unspecified atom stereocenters. The average molecular weight is 470 g/mol. The SMILES string of the molecule is O=C(NC(CCc1ccccc1)C(=O)O)c1ccc(Cl)c(-c2cccc(-c3ccccc3)c2)c1. The number of aryl methyl sites for hydroxylation is 1. The van der Waals surface area contributed by atoms with Crippen molar-refractivity contribution in [2.45, 2.75) is 18.9 Å². The minimum absolute atomic E-state index is 0.296. The maximum atomic E-state index is 12.9. The van der Waals surface area contributed by atoms with Crippen molar-refractivity contribution in [3.05, 3.63) is 119 Å². The number of nitrogens with one attached hydrogen (secondary N) is 1. The monoisotopic (exact) mass is 469 g/mol. The Hall–Kier alpha value is -3.89. The Morgan fingerprint density at radius 2 is 1.41 bits per heavy atom. The molecule has 0 fully saturated rings. The van der Waals surface area contributed by atoms with Crippen molar-refractivity contribution in [2.24, 2.45) is 0 Å². The summed E-state index contributed by atoms with van der Waals surface area (Å²) in [6.45, 7) is 0. The average Bonchev–Trinajstić information content (AvgIpc) is 2.87. The molecule has 34 heavy (non-hydrogen) atoms. The van der Waals surface area contributed by atoms with Crippen LogP contribution in [-0.2, 0) is 11.2 Å². The van der Waals surface area contributed by atoms with Crippen LogP contribution in [0.2, 0.25) is 5.02 Å². The molecule has 0 aliphatic heterocycles. The van der Waals surface area contributed by atoms with Gasteiger partial charge < -0.3 is 10.4 Å². The number of carbonyl (C=O) groups excluding carboxylic acids is 1. The van der Waals surface area contributed by atoms with Gasteiger partial charge in [-0.15, -0.1) is 0 Å². The van der Waals surface area contributed by atoms with Crippen LogP contribution in [0.4, 0.5) is 0 Å². The molecule has 4 aromatic carbocycles. The maximum Gasteiger partial charge on any atom is 0.326 e. The van der Waals surface area contributed by atoms with Gasteiger partial charge in [0, 0.05) is 16.1 Å². The van der Waals surface area contributed by atoms with Crippen LogP contribution in [0.3, 0.4) is 0 Å². The first-order chi connectivity index (χ1) is 16.5. The Labute approximate surface area is 203 Å². The fraction of sp³-hybridized carbons (Fsp3) is 0.103. The Morgan fingerprint density at radius 3 is 2.12 bits per heavy atom. The van der Waals surface area contributed by atoms with E-state index in [4.69, 9.17) is 11.6 Å². The highest BCUT2D eigenvalue weighted by atomic mass is 35.5. The highest BCUT2D eigenvalue weighted by molar-refractivity contribution is 6.33. The van der Waals surface area contributed by atoms with Crippen LogP contribution in [0.15, 0.2) is 103 Å². The van der Waals surface area contributed by atoms with Gasteiger partial charge in [0.1, 0.15) is 6.04 Å². The molecule has 0 saturated carbocycles. The summed E-state index contributed by atoms with van der Waals surface area (Å²) >= 11 is 6.48. The van der Waals surface area contributed by atoms with Gasteiger partial charge in [0.25, 0.3) is 5.91 Å². The topological polar surface area (TPSA) is 66.4 Å². The third-order valence-electron chi connectivity index (χ3n) is 5.68. The molecule has 2 N–H and O–H groups in total. The third kappa shape index (κ3) is 5.72. The first kappa shape index (κ1) is 23.3. The molecule has 0 bridgehead atoms. The highest BCUT2D eigenvalue weighted by Crippen LogP contribution is 2.32. The number of hydrogen-bond acceptors (Lipinski definition) is 2. The third-order valence-corrected chi connectivity index (χ3v) is 6.01. The minimum atomic E-state index is -1.06. The van der Waals surface area contributed by atoms with Gasteiger partial charge in [0.15, 0.2) is 0 Å². The Bertz CT molecular complexity index is 1290. The van der Waals surface area contributed by atoms with E-state index in [0.717, 1.165) is 22.3 Å². The molecule has 0 radical (unpaired) electrons. The maximum absolute atomic E-state index is 12.9. The quantitative estimate of drug-likeness (QED) is 0.310. The van der Waals surface area contributed by atoms with Crippen molar-refractivity contribution < 1.29 is 14.7 Å². The second kappa shape index (κ2) is 10.8. The van der Waals surface area contributed by atoms with Crippen molar-refractivity contribution in [1.82, 2.24) is 5.32 Å². The second-order valence-electron chi connectivity index (χ2n) is 8.03. The molecule has 1 amide bonds. The number of carboxylic acid groups (broad SMARTS) is 1. The van der Waals surface area contributed by atoms with Gasteiger partial charge in [-0.1, -0.05) is 90.5 Å². The molecular weight excluding hydrogens is 446 g/mol. The Kier molecular flexibility index (Phi) is 7.41. The molecule has 4 nitrogen and oxygen atoms in total. The Balaban J connectivity index is 1.54. The molecule has 0 heterocycles. The van der Waals surface area contributed by atoms with Crippen molar-refractivity contribution in [3.63, 3.8) is 0 Å². The molecule has 4 rings (SSSR count). The van der Waals surface area contributed by atoms with E-state index < -0.39 is 17.9 Å². The number of benzene rings is 4. The Morgan fingerprint density at radius 1 is 0.765 bits per heavy atom. The molecule has 0 spiro atoms. The molecular formula is C29H24ClNO3. The van der Waals surface area contributed by atoms with Crippen molar-refractivity contribution in [2.75, 3.05) is 0 Å². The van der Waals surface area contributed by atoms with Crippen LogP contribution in [-0.4, -0.2) is 23.0 Å². The van der Waals surface area contributed by atoms with Crippen LogP contribution in [0.5, 0.6) is 0 Å². The lowest BCUT2D eigenvalue weighted by Gasteiger charge is -2.15. The summed E-state index contributed by atoms with van der Waals surface area (Å²) < 4.78 is 0. The molecule has 0 aromatic heterocycles. The summed E-state index contributed by atoms with van der Waals surface area (Å²) in [4.78, 5) is 24.7. The summed E-state index contributed by atoms with van der Waals surface area (Å²) in [6.07, 6.45) is 0.848. The van der Waals surface area contributed by atoms with E-state index in [0.29, 0.717) is 29.0 Å². The van der Waals surface area contributed by atoms with E-state index in [1.165, 1.54) is 0 Å². The lowest BCUT2D eigenvalue weighted by atomic mass is 9.97. The van der Waals surface area contributed by atoms with Gasteiger partial charge in [-0.2, -0.15) is 0 Å². The zero-order valence-electron chi connectivity index (χ0n) is 18.4. The number of aliphatic carboxylic acids is 1. The van der Waals surface area contributed by atoms with E-state index in [2.05, 4.69) is 5.32 Å². The van der Waals surface area contributed by atoms with Crippen molar-refractivity contribution in [1.29, 1.82) is 0 Å². The van der Waals surface area contributed by atoms with E-state index in [1.807, 2.05) is 84.9 Å².